The van der Waals surface area contributed by atoms with Gasteiger partial charge in [-0.05, 0) is 60.5 Å². The summed E-state index contributed by atoms with van der Waals surface area (Å²) in [7, 11) is -3.19. The molecule has 29 heavy (non-hydrogen) atoms. The molecule has 0 radical (unpaired) electrons. The van der Waals surface area contributed by atoms with Crippen molar-refractivity contribution in [3.8, 4) is 0 Å². The van der Waals surface area contributed by atoms with Crippen LogP contribution in [0.3, 0.4) is 0 Å². The van der Waals surface area contributed by atoms with Crippen molar-refractivity contribution in [1.82, 2.24) is 9.62 Å². The third-order valence-electron chi connectivity index (χ3n) is 7.31. The summed E-state index contributed by atoms with van der Waals surface area (Å²) in [4.78, 5) is 12.4. The fourth-order valence-electron chi connectivity index (χ4n) is 5.23. The molecule has 4 aliphatic rings. The van der Waals surface area contributed by atoms with E-state index in [1.807, 2.05) is 0 Å². The molecule has 1 N–H and O–H groups in total. The first-order chi connectivity index (χ1) is 13.8. The molecule has 5 nitrogen and oxygen atoms in total. The van der Waals surface area contributed by atoms with Gasteiger partial charge in [-0.3, -0.25) is 4.79 Å². The number of carbonyl (C=O) groups is 1. The third-order valence-corrected chi connectivity index (χ3v) is 9.29. The zero-order valence-electron chi connectivity index (χ0n) is 16.2. The van der Waals surface area contributed by atoms with Gasteiger partial charge in [-0.15, -0.1) is 0 Å². The monoisotopic (exact) mass is 424 g/mol. The standard InChI is InChI=1S/C21H26F2N2O3S/c22-15-5-6-16(19(23)7-15)20(26)24-12-21(8-13-1-2-13)17-9-25(10-18(17)21)29(27,28)11-14-3-4-14/h5-7,13-14,17-18H,1-4,8-12H2,(H,24,26). The van der Waals surface area contributed by atoms with Crippen molar-refractivity contribution in [3.63, 3.8) is 0 Å². The maximum Gasteiger partial charge on any atom is 0.254 e. The SMILES string of the molecule is O=C(NCC1(CC2CC2)C2CN(S(=O)(=O)CC3CC3)CC21)c1ccc(F)cc1F. The van der Waals surface area contributed by atoms with Crippen LogP contribution in [0.1, 0.15) is 42.5 Å². The lowest BCUT2D eigenvalue weighted by molar-refractivity contribution is 0.0932. The van der Waals surface area contributed by atoms with Gasteiger partial charge in [-0.25, -0.2) is 21.5 Å². The molecule has 1 aliphatic heterocycles. The summed E-state index contributed by atoms with van der Waals surface area (Å²) in [6.45, 7) is 1.49. The first-order valence-corrected chi connectivity index (χ1v) is 12.1. The Morgan fingerprint density at radius 2 is 1.76 bits per heavy atom. The van der Waals surface area contributed by atoms with E-state index in [-0.39, 0.29) is 28.6 Å². The Kier molecular flexibility index (Phi) is 4.51. The number of piperidine rings is 1. The number of hydrogen-bond donors (Lipinski definition) is 1. The fraction of sp³-hybridized carbons (Fsp3) is 0.667. The minimum atomic E-state index is -3.19. The van der Waals surface area contributed by atoms with Crippen molar-refractivity contribution < 1.29 is 22.0 Å². The summed E-state index contributed by atoms with van der Waals surface area (Å²) < 4.78 is 53.8. The number of nitrogens with one attached hydrogen (secondary N) is 1. The largest absolute Gasteiger partial charge is 0.351 e. The lowest BCUT2D eigenvalue weighted by Gasteiger charge is -2.27. The zero-order chi connectivity index (χ0) is 20.4. The van der Waals surface area contributed by atoms with Crippen molar-refractivity contribution >= 4 is 15.9 Å². The van der Waals surface area contributed by atoms with Crippen molar-refractivity contribution in [3.05, 3.63) is 35.4 Å². The first-order valence-electron chi connectivity index (χ1n) is 10.5. The van der Waals surface area contributed by atoms with E-state index < -0.39 is 27.6 Å². The summed E-state index contributed by atoms with van der Waals surface area (Å²) in [5.74, 6) is -0.357. The van der Waals surface area contributed by atoms with Crippen LogP contribution >= 0.6 is 0 Å². The first kappa shape index (κ1) is 19.4. The second kappa shape index (κ2) is 6.74. The summed E-state index contributed by atoms with van der Waals surface area (Å²) in [5, 5.41) is 2.85. The number of amides is 1. The highest BCUT2D eigenvalue weighted by atomic mass is 32.2. The smallest absolute Gasteiger partial charge is 0.254 e. The molecule has 0 aromatic heterocycles. The van der Waals surface area contributed by atoms with Gasteiger partial charge < -0.3 is 5.32 Å². The van der Waals surface area contributed by atoms with Gasteiger partial charge in [0.15, 0.2) is 0 Å². The maximum atomic E-state index is 13.9. The highest BCUT2D eigenvalue weighted by Crippen LogP contribution is 2.67. The van der Waals surface area contributed by atoms with Crippen LogP contribution in [0.15, 0.2) is 18.2 Å². The Labute approximate surface area is 169 Å². The molecule has 3 aliphatic carbocycles. The zero-order valence-corrected chi connectivity index (χ0v) is 17.1. The molecule has 0 bridgehead atoms. The second-order valence-electron chi connectivity index (χ2n) is 9.44. The lowest BCUT2D eigenvalue weighted by atomic mass is 9.92. The van der Waals surface area contributed by atoms with Crippen LogP contribution in [-0.4, -0.2) is 44.0 Å². The number of sulfonamides is 1. The van der Waals surface area contributed by atoms with Gasteiger partial charge in [0.05, 0.1) is 11.3 Å². The molecule has 2 unspecified atom stereocenters. The van der Waals surface area contributed by atoms with Gasteiger partial charge in [0.25, 0.3) is 5.91 Å². The molecule has 1 aromatic carbocycles. The van der Waals surface area contributed by atoms with Gasteiger partial charge in [-0.1, -0.05) is 12.8 Å². The average molecular weight is 425 g/mol. The van der Waals surface area contributed by atoms with Crippen molar-refractivity contribution in [2.75, 3.05) is 25.4 Å². The molecule has 8 heteroatoms. The third kappa shape index (κ3) is 3.69. The molecule has 2 atom stereocenters. The highest BCUT2D eigenvalue weighted by Gasteiger charge is 2.69. The molecule has 5 rings (SSSR count). The molecular formula is C21H26F2N2O3S. The average Bonchev–Trinajstić information content (AvgIpc) is 3.61. The van der Waals surface area contributed by atoms with E-state index >= 15 is 0 Å². The van der Waals surface area contributed by atoms with Gasteiger partial charge in [0.1, 0.15) is 11.6 Å². The summed E-state index contributed by atoms with van der Waals surface area (Å²) >= 11 is 0. The second-order valence-corrected chi connectivity index (χ2v) is 11.5. The molecule has 1 saturated heterocycles. The van der Waals surface area contributed by atoms with Crippen LogP contribution in [0.25, 0.3) is 0 Å². The lowest BCUT2D eigenvalue weighted by Crippen LogP contribution is -2.40. The van der Waals surface area contributed by atoms with Gasteiger partial charge in [0, 0.05) is 25.7 Å². The quantitative estimate of drug-likeness (QED) is 0.698. The number of rotatable bonds is 8. The van der Waals surface area contributed by atoms with E-state index in [1.165, 1.54) is 12.8 Å². The highest BCUT2D eigenvalue weighted by molar-refractivity contribution is 7.89. The molecule has 1 heterocycles. The molecule has 1 amide bonds. The number of fused-ring (bicyclic) bond motifs is 1. The van der Waals surface area contributed by atoms with Crippen molar-refractivity contribution in [1.29, 1.82) is 0 Å². The predicted molar refractivity (Wildman–Crippen MR) is 104 cm³/mol. The summed E-state index contributed by atoms with van der Waals surface area (Å²) in [6.07, 6.45) is 5.39. The maximum absolute atomic E-state index is 13.9. The fourth-order valence-corrected chi connectivity index (χ4v) is 7.14. The molecule has 158 valence electrons. The topological polar surface area (TPSA) is 66.5 Å². The number of carbonyl (C=O) groups excluding carboxylic acids is 1. The summed E-state index contributed by atoms with van der Waals surface area (Å²) in [5.41, 5.74) is -0.244. The molecular weight excluding hydrogens is 398 g/mol. The van der Waals surface area contributed by atoms with Crippen LogP contribution in [0, 0.1) is 40.7 Å². The van der Waals surface area contributed by atoms with Crippen LogP contribution in [-0.2, 0) is 10.0 Å². The van der Waals surface area contributed by atoms with Gasteiger partial charge in [-0.2, -0.15) is 0 Å². The van der Waals surface area contributed by atoms with E-state index in [1.54, 1.807) is 4.31 Å². The van der Waals surface area contributed by atoms with Crippen LogP contribution in [0.5, 0.6) is 0 Å². The Hall–Kier alpha value is -1.54. The van der Waals surface area contributed by atoms with E-state index in [0.29, 0.717) is 37.5 Å². The van der Waals surface area contributed by atoms with E-state index in [9.17, 15) is 22.0 Å². The predicted octanol–water partition coefficient (Wildman–Crippen LogP) is 2.78. The van der Waals surface area contributed by atoms with E-state index in [4.69, 9.17) is 0 Å². The van der Waals surface area contributed by atoms with Crippen LogP contribution in [0.4, 0.5) is 8.78 Å². The number of hydrogen-bond acceptors (Lipinski definition) is 3. The molecule has 0 spiro atoms. The summed E-state index contributed by atoms with van der Waals surface area (Å²) in [6, 6.07) is 2.95. The van der Waals surface area contributed by atoms with Crippen LogP contribution in [0.2, 0.25) is 0 Å². The Morgan fingerprint density at radius 3 is 2.34 bits per heavy atom. The minimum absolute atomic E-state index is 0.0844. The van der Waals surface area contributed by atoms with Gasteiger partial charge in [0.2, 0.25) is 10.0 Å². The van der Waals surface area contributed by atoms with Crippen molar-refractivity contribution in [2.24, 2.45) is 29.1 Å². The minimum Gasteiger partial charge on any atom is -0.351 e. The Bertz CT molecular complexity index is 931. The van der Waals surface area contributed by atoms with Crippen LogP contribution < -0.4 is 5.32 Å². The van der Waals surface area contributed by atoms with E-state index in [0.717, 1.165) is 31.4 Å². The molecule has 4 fully saturated rings. The molecule has 3 saturated carbocycles. The number of benzene rings is 1. The Balaban J connectivity index is 1.24. The van der Waals surface area contributed by atoms with E-state index in [2.05, 4.69) is 5.32 Å². The van der Waals surface area contributed by atoms with Gasteiger partial charge >= 0.3 is 0 Å². The number of halogens is 2. The van der Waals surface area contributed by atoms with Crippen molar-refractivity contribution in [2.45, 2.75) is 32.1 Å². The Morgan fingerprint density at radius 1 is 1.10 bits per heavy atom. The normalized spacial score (nSPS) is 31.5. The molecule has 1 aromatic rings. The number of nitrogens with zero attached hydrogens (tertiary/aromatic N) is 1.